The first-order valence-corrected chi connectivity index (χ1v) is 12.0. The number of hydrogen-bond acceptors (Lipinski definition) is 6. The lowest BCUT2D eigenvalue weighted by Crippen LogP contribution is -2.50. The van der Waals surface area contributed by atoms with Crippen molar-refractivity contribution in [3.63, 3.8) is 0 Å². The molecule has 2 amide bonds. The van der Waals surface area contributed by atoms with E-state index in [9.17, 15) is 22.8 Å². The van der Waals surface area contributed by atoms with Crippen LogP contribution in [0.3, 0.4) is 0 Å². The van der Waals surface area contributed by atoms with Gasteiger partial charge in [-0.1, -0.05) is 48.5 Å². The number of carbonyl (C=O) groups excluding carboxylic acids is 2. The molecule has 3 N–H and O–H groups in total. The highest BCUT2D eigenvalue weighted by Gasteiger charge is 2.31. The number of rotatable bonds is 9. The van der Waals surface area contributed by atoms with Crippen molar-refractivity contribution in [1.82, 2.24) is 10.0 Å². The summed E-state index contributed by atoms with van der Waals surface area (Å²) in [5.74, 6) is -2.40. The number of ether oxygens (including phenoxy) is 1. The molecule has 0 saturated carbocycles. The van der Waals surface area contributed by atoms with Gasteiger partial charge in [-0.25, -0.2) is 13.2 Å². The molecule has 0 bridgehead atoms. The van der Waals surface area contributed by atoms with Gasteiger partial charge in [0, 0.05) is 12.3 Å². The number of carboxylic acids is 1. The second kappa shape index (κ2) is 10.0. The van der Waals surface area contributed by atoms with E-state index in [0.29, 0.717) is 0 Å². The second-order valence-electron chi connectivity index (χ2n) is 8.01. The number of fused-ring (bicyclic) bond motifs is 3. The van der Waals surface area contributed by atoms with Crippen LogP contribution in [0.5, 0.6) is 0 Å². The van der Waals surface area contributed by atoms with Gasteiger partial charge in [0.1, 0.15) is 12.6 Å². The molecule has 0 aliphatic heterocycles. The van der Waals surface area contributed by atoms with E-state index in [0.717, 1.165) is 22.3 Å². The predicted octanol–water partition coefficient (Wildman–Crippen LogP) is 2.61. The number of carboxylic acid groups (broad SMARTS) is 1. The van der Waals surface area contributed by atoms with Gasteiger partial charge in [-0.2, -0.15) is 0 Å². The lowest BCUT2D eigenvalue weighted by Gasteiger charge is -2.20. The molecule has 2 aromatic carbocycles. The normalized spacial score (nSPS) is 13.7. The Morgan fingerprint density at radius 3 is 2.06 bits per heavy atom. The second-order valence-corrected chi connectivity index (χ2v) is 10.3. The topological polar surface area (TPSA) is 139 Å². The van der Waals surface area contributed by atoms with Gasteiger partial charge in [0.2, 0.25) is 10.0 Å². The summed E-state index contributed by atoms with van der Waals surface area (Å²) < 4.78 is 31.3. The van der Waals surface area contributed by atoms with Gasteiger partial charge < -0.3 is 15.2 Å². The van der Waals surface area contributed by atoms with E-state index in [1.54, 1.807) is 0 Å². The molecular weight excluding hydrogens is 448 g/mol. The number of alkyl carbamates (subject to hydrolysis) is 1. The van der Waals surface area contributed by atoms with Crippen LogP contribution in [-0.4, -0.2) is 49.4 Å². The molecule has 1 unspecified atom stereocenters. The van der Waals surface area contributed by atoms with E-state index >= 15 is 0 Å². The van der Waals surface area contributed by atoms with Crippen molar-refractivity contribution in [2.75, 3.05) is 6.61 Å². The van der Waals surface area contributed by atoms with Crippen molar-refractivity contribution in [3.05, 3.63) is 59.7 Å². The number of sulfonamides is 1. The van der Waals surface area contributed by atoms with Gasteiger partial charge in [0.15, 0.2) is 0 Å². The van der Waals surface area contributed by atoms with E-state index in [2.05, 4.69) is 5.32 Å². The molecule has 2 aromatic rings. The van der Waals surface area contributed by atoms with Crippen LogP contribution in [0.15, 0.2) is 48.5 Å². The van der Waals surface area contributed by atoms with Gasteiger partial charge >= 0.3 is 12.1 Å². The molecule has 0 spiro atoms. The minimum Gasteiger partial charge on any atom is -0.481 e. The third kappa shape index (κ3) is 5.70. The molecule has 176 valence electrons. The third-order valence-corrected chi connectivity index (χ3v) is 7.19. The van der Waals surface area contributed by atoms with Crippen LogP contribution >= 0.6 is 0 Å². The lowest BCUT2D eigenvalue weighted by atomic mass is 9.98. The zero-order chi connectivity index (χ0) is 24.2. The molecule has 1 aliphatic rings. The molecule has 33 heavy (non-hydrogen) atoms. The Balaban J connectivity index is 1.69. The van der Waals surface area contributed by atoms with Gasteiger partial charge in [0.25, 0.3) is 5.91 Å². The highest BCUT2D eigenvalue weighted by Crippen LogP contribution is 2.44. The van der Waals surface area contributed by atoms with E-state index in [1.165, 1.54) is 13.8 Å². The minimum atomic E-state index is -3.95. The number of aliphatic carboxylic acids is 1. The fourth-order valence-electron chi connectivity index (χ4n) is 3.65. The standard InChI is InChI=1S/C23H26N2O7S/c1-14(2)33(30,31)25-22(28)20(11-12-21(26)27)24-23(29)32-13-19-17-9-5-3-7-15(17)16-8-4-6-10-18(16)19/h3-10,14,19-20H,11-13H2,1-2H3,(H,24,29)(H,25,28)(H,26,27). The van der Waals surface area contributed by atoms with Gasteiger partial charge in [-0.15, -0.1) is 0 Å². The Hall–Kier alpha value is -3.40. The lowest BCUT2D eigenvalue weighted by molar-refractivity contribution is -0.137. The van der Waals surface area contributed by atoms with E-state index < -0.39 is 45.7 Å². The minimum absolute atomic E-state index is 0.00256. The summed E-state index contributed by atoms with van der Waals surface area (Å²) in [6.45, 7) is 2.78. The van der Waals surface area contributed by atoms with Gasteiger partial charge in [-0.3, -0.25) is 14.3 Å². The average molecular weight is 475 g/mol. The Labute approximate surface area is 192 Å². The van der Waals surface area contributed by atoms with Crippen molar-refractivity contribution < 1.29 is 32.6 Å². The molecule has 1 aliphatic carbocycles. The van der Waals surface area contributed by atoms with E-state index in [-0.39, 0.29) is 18.9 Å². The quantitative estimate of drug-likeness (QED) is 0.508. The molecule has 0 saturated heterocycles. The first-order valence-electron chi connectivity index (χ1n) is 10.5. The number of carbonyl (C=O) groups is 3. The van der Waals surface area contributed by atoms with E-state index in [4.69, 9.17) is 9.84 Å². The molecule has 3 rings (SSSR count). The number of benzene rings is 2. The molecule has 9 nitrogen and oxygen atoms in total. The molecule has 0 radical (unpaired) electrons. The average Bonchev–Trinajstić information content (AvgIpc) is 3.08. The highest BCUT2D eigenvalue weighted by atomic mass is 32.2. The number of amides is 2. The zero-order valence-corrected chi connectivity index (χ0v) is 19.1. The van der Waals surface area contributed by atoms with Gasteiger partial charge in [-0.05, 0) is 42.5 Å². The summed E-state index contributed by atoms with van der Waals surface area (Å²) in [4.78, 5) is 35.9. The SMILES string of the molecule is CC(C)S(=O)(=O)NC(=O)C(CCC(=O)O)NC(=O)OCC1c2ccccc2-c2ccccc21. The number of hydrogen-bond donors (Lipinski definition) is 3. The van der Waals surface area contributed by atoms with Crippen LogP contribution in [0.1, 0.15) is 43.7 Å². The smallest absolute Gasteiger partial charge is 0.407 e. The van der Waals surface area contributed by atoms with Gasteiger partial charge in [0.05, 0.1) is 5.25 Å². The van der Waals surface area contributed by atoms with Crippen LogP contribution in [0.25, 0.3) is 11.1 Å². The Morgan fingerprint density at radius 2 is 1.55 bits per heavy atom. The largest absolute Gasteiger partial charge is 0.481 e. The molecular formula is C23H26N2O7S. The van der Waals surface area contributed by atoms with Crippen LogP contribution in [-0.2, 0) is 24.3 Å². The fourth-order valence-corrected chi connectivity index (χ4v) is 4.31. The summed E-state index contributed by atoms with van der Waals surface area (Å²) in [5.41, 5.74) is 4.13. The summed E-state index contributed by atoms with van der Waals surface area (Å²) in [7, 11) is -3.95. The Morgan fingerprint density at radius 1 is 1.00 bits per heavy atom. The molecule has 1 atom stereocenters. The monoisotopic (exact) mass is 474 g/mol. The van der Waals surface area contributed by atoms with Crippen LogP contribution in [0.4, 0.5) is 4.79 Å². The molecule has 0 aromatic heterocycles. The first kappa shape index (κ1) is 24.2. The maximum Gasteiger partial charge on any atom is 0.407 e. The van der Waals surface area contributed by atoms with Crippen molar-refractivity contribution >= 4 is 28.0 Å². The maximum atomic E-state index is 12.5. The fraction of sp³-hybridized carbons (Fsp3) is 0.348. The Kier molecular flexibility index (Phi) is 7.37. The molecule has 0 fully saturated rings. The van der Waals surface area contributed by atoms with Crippen molar-refractivity contribution in [1.29, 1.82) is 0 Å². The summed E-state index contributed by atoms with van der Waals surface area (Å²) in [6, 6.07) is 14.2. The van der Waals surface area contributed by atoms with E-state index in [1.807, 2.05) is 53.3 Å². The summed E-state index contributed by atoms with van der Waals surface area (Å²) in [5, 5.41) is 10.4. The zero-order valence-electron chi connectivity index (χ0n) is 18.3. The third-order valence-electron chi connectivity index (χ3n) is 5.46. The van der Waals surface area contributed by atoms with Crippen molar-refractivity contribution in [2.45, 2.75) is 43.9 Å². The highest BCUT2D eigenvalue weighted by molar-refractivity contribution is 7.90. The summed E-state index contributed by atoms with van der Waals surface area (Å²) >= 11 is 0. The van der Waals surface area contributed by atoms with Crippen molar-refractivity contribution in [3.8, 4) is 11.1 Å². The Bertz CT molecular complexity index is 1120. The molecule has 0 heterocycles. The first-order chi connectivity index (χ1) is 15.6. The summed E-state index contributed by atoms with van der Waals surface area (Å²) in [6.07, 6.45) is -1.67. The van der Waals surface area contributed by atoms with Crippen LogP contribution in [0, 0.1) is 0 Å². The molecule has 10 heteroatoms. The predicted molar refractivity (Wildman–Crippen MR) is 121 cm³/mol. The van der Waals surface area contributed by atoms with Crippen LogP contribution in [0.2, 0.25) is 0 Å². The maximum absolute atomic E-state index is 12.5. The number of nitrogens with one attached hydrogen (secondary N) is 2. The van der Waals surface area contributed by atoms with Crippen molar-refractivity contribution in [2.24, 2.45) is 0 Å². The van der Waals surface area contributed by atoms with Crippen LogP contribution < -0.4 is 10.0 Å².